The summed E-state index contributed by atoms with van der Waals surface area (Å²) in [5, 5.41) is 7.53. The molecule has 4 heteroatoms. The number of rotatable bonds is 2. The number of carbonyl (C=O) groups excluding carboxylic acids is 1. The van der Waals surface area contributed by atoms with Crippen molar-refractivity contribution in [1.29, 1.82) is 0 Å². The van der Waals surface area contributed by atoms with Gasteiger partial charge in [-0.25, -0.2) is 4.79 Å². The fourth-order valence-electron chi connectivity index (χ4n) is 3.64. The highest BCUT2D eigenvalue weighted by atomic mass is 16.6. The Hall–Kier alpha value is -3.66. The molecule has 1 N–H and O–H groups in total. The zero-order valence-electron chi connectivity index (χ0n) is 14.5. The zero-order chi connectivity index (χ0) is 18.2. The van der Waals surface area contributed by atoms with Crippen LogP contribution in [0.15, 0.2) is 66.7 Å². The van der Waals surface area contributed by atoms with Crippen LogP contribution in [0.5, 0.6) is 0 Å². The number of nitrogens with zero attached hydrogens (tertiary/aromatic N) is 1. The third-order valence-corrected chi connectivity index (χ3v) is 4.89. The maximum atomic E-state index is 12.1. The van der Waals surface area contributed by atoms with Crippen molar-refractivity contribution in [2.24, 2.45) is 0 Å². The number of amides is 1. The first kappa shape index (κ1) is 15.6. The van der Waals surface area contributed by atoms with E-state index in [2.05, 4.69) is 52.8 Å². The maximum absolute atomic E-state index is 12.1. The fourth-order valence-corrected chi connectivity index (χ4v) is 3.64. The molecule has 0 unspecified atom stereocenters. The fraction of sp³-hybridized carbons (Fsp3) is 0.0435. The second-order valence-corrected chi connectivity index (χ2v) is 6.53. The van der Waals surface area contributed by atoms with Gasteiger partial charge in [-0.3, -0.25) is 10.3 Å². The number of anilines is 1. The van der Waals surface area contributed by atoms with Crippen LogP contribution in [0.1, 0.15) is 11.1 Å². The number of fused-ring (bicyclic) bond motifs is 5. The monoisotopic (exact) mass is 352 g/mol. The van der Waals surface area contributed by atoms with E-state index in [0.717, 1.165) is 11.6 Å². The van der Waals surface area contributed by atoms with Crippen molar-refractivity contribution < 1.29 is 9.53 Å². The van der Waals surface area contributed by atoms with Crippen molar-refractivity contribution in [2.45, 2.75) is 6.42 Å². The van der Waals surface area contributed by atoms with E-state index < -0.39 is 6.09 Å². The molecule has 1 heterocycles. The average molecular weight is 352 g/mol. The van der Waals surface area contributed by atoms with Gasteiger partial charge in [0.2, 0.25) is 0 Å². The van der Waals surface area contributed by atoms with Gasteiger partial charge in [-0.2, -0.15) is 0 Å². The molecule has 27 heavy (non-hydrogen) atoms. The topological polar surface area (TPSA) is 51.2 Å². The molecule has 0 bridgehead atoms. The number of benzene rings is 2. The summed E-state index contributed by atoms with van der Waals surface area (Å²) in [6, 6.07) is 12.1. The predicted molar refractivity (Wildman–Crippen MR) is 107 cm³/mol. The van der Waals surface area contributed by atoms with Crippen LogP contribution in [0.4, 0.5) is 10.5 Å². The molecule has 0 aliphatic heterocycles. The summed E-state index contributed by atoms with van der Waals surface area (Å²) in [6.07, 6.45) is 13.7. The molecule has 130 valence electrons. The lowest BCUT2D eigenvalue weighted by Gasteiger charge is -2.14. The highest BCUT2D eigenvalue weighted by molar-refractivity contribution is 5.96. The van der Waals surface area contributed by atoms with E-state index in [9.17, 15) is 4.79 Å². The van der Waals surface area contributed by atoms with Crippen LogP contribution >= 0.6 is 0 Å². The Morgan fingerprint density at radius 2 is 1.96 bits per heavy atom. The molecular formula is C23H16N2O2. The van der Waals surface area contributed by atoms with Crippen molar-refractivity contribution >= 4 is 40.8 Å². The number of nitrogens with one attached hydrogen (secondary N) is 1. The Balaban J connectivity index is 1.44. The largest absolute Gasteiger partial charge is 0.417 e. The summed E-state index contributed by atoms with van der Waals surface area (Å²) < 4.78 is 5.45. The third-order valence-electron chi connectivity index (χ3n) is 4.89. The molecule has 1 aromatic heterocycles. The normalized spacial score (nSPS) is 13.9. The van der Waals surface area contributed by atoms with E-state index >= 15 is 0 Å². The first-order valence-corrected chi connectivity index (χ1v) is 8.82. The van der Waals surface area contributed by atoms with Gasteiger partial charge in [-0.1, -0.05) is 42.5 Å². The Kier molecular flexibility index (Phi) is 3.61. The van der Waals surface area contributed by atoms with Gasteiger partial charge in [0, 0.05) is 6.20 Å². The number of allylic oxidation sites excluding steroid dienone is 3. The van der Waals surface area contributed by atoms with Crippen LogP contribution in [-0.4, -0.2) is 11.1 Å². The predicted octanol–water partition coefficient (Wildman–Crippen LogP) is 3.51. The standard InChI is InChI=1S/C23H16N2O2/c26-23(25-17-4-2-12-24-14-17)27-18-8-11-20-16(13-18)7-10-21-19-5-1-3-15(19)6-9-22(20)21/h1-10,12-14H,11H2,(H,25,26). The first-order valence-electron chi connectivity index (χ1n) is 8.82. The van der Waals surface area contributed by atoms with Gasteiger partial charge in [-0.15, -0.1) is 0 Å². The smallest absolute Gasteiger partial charge is 0.410 e. The minimum Gasteiger partial charge on any atom is -0.410 e. The molecule has 2 aliphatic rings. The molecule has 0 saturated carbocycles. The van der Waals surface area contributed by atoms with Gasteiger partial charge in [0.1, 0.15) is 5.76 Å². The SMILES string of the molecule is O=C(Nc1cccnc1)OC1=CCc2c(ccc3c4c(ccc23)=CC=C4)=C1. The molecule has 2 aromatic carbocycles. The third kappa shape index (κ3) is 2.81. The molecule has 3 aromatic rings. The van der Waals surface area contributed by atoms with Gasteiger partial charge in [0.05, 0.1) is 11.9 Å². The van der Waals surface area contributed by atoms with Crippen molar-refractivity contribution in [1.82, 2.24) is 4.98 Å². The number of carbonyl (C=O) groups is 1. The van der Waals surface area contributed by atoms with Gasteiger partial charge >= 0.3 is 6.09 Å². The molecule has 1 amide bonds. The molecule has 4 nitrogen and oxygen atoms in total. The van der Waals surface area contributed by atoms with Crippen LogP contribution < -0.4 is 15.8 Å². The molecular weight excluding hydrogens is 336 g/mol. The zero-order valence-corrected chi connectivity index (χ0v) is 14.5. The number of hydrogen-bond acceptors (Lipinski definition) is 3. The van der Waals surface area contributed by atoms with Crippen molar-refractivity contribution in [3.8, 4) is 0 Å². The van der Waals surface area contributed by atoms with Gasteiger partial charge in [0.15, 0.2) is 0 Å². The maximum Gasteiger partial charge on any atom is 0.417 e. The van der Waals surface area contributed by atoms with E-state index in [1.807, 2.05) is 12.2 Å². The average Bonchev–Trinajstić information content (AvgIpc) is 3.17. The lowest BCUT2D eigenvalue weighted by Crippen LogP contribution is -2.18. The molecule has 5 rings (SSSR count). The Morgan fingerprint density at radius 1 is 1.07 bits per heavy atom. The molecule has 0 spiro atoms. The first-order chi connectivity index (χ1) is 13.3. The van der Waals surface area contributed by atoms with Gasteiger partial charge < -0.3 is 4.74 Å². The number of ether oxygens (including phenoxy) is 1. The second-order valence-electron chi connectivity index (χ2n) is 6.53. The van der Waals surface area contributed by atoms with E-state index in [-0.39, 0.29) is 0 Å². The molecule has 0 atom stereocenters. The molecule has 0 saturated heterocycles. The summed E-state index contributed by atoms with van der Waals surface area (Å²) in [5.41, 5.74) is 3.14. The summed E-state index contributed by atoms with van der Waals surface area (Å²) >= 11 is 0. The Bertz CT molecular complexity index is 1260. The van der Waals surface area contributed by atoms with Crippen LogP contribution in [-0.2, 0) is 11.2 Å². The number of hydrogen-bond donors (Lipinski definition) is 1. The van der Waals surface area contributed by atoms with Crippen molar-refractivity contribution in [2.75, 3.05) is 5.32 Å². The minimum atomic E-state index is -0.520. The van der Waals surface area contributed by atoms with Crippen LogP contribution in [0, 0.1) is 0 Å². The van der Waals surface area contributed by atoms with E-state index in [1.165, 1.54) is 27.1 Å². The van der Waals surface area contributed by atoms with Crippen LogP contribution in [0.25, 0.3) is 29.0 Å². The van der Waals surface area contributed by atoms with E-state index in [4.69, 9.17) is 4.74 Å². The number of pyridine rings is 1. The van der Waals surface area contributed by atoms with Crippen molar-refractivity contribution in [3.63, 3.8) is 0 Å². The number of aromatic nitrogens is 1. The summed E-state index contributed by atoms with van der Waals surface area (Å²) in [5.74, 6) is 0.553. The molecule has 2 aliphatic carbocycles. The molecule has 0 fully saturated rings. The van der Waals surface area contributed by atoms with Crippen LogP contribution in [0.3, 0.4) is 0 Å². The summed E-state index contributed by atoms with van der Waals surface area (Å²) in [7, 11) is 0. The van der Waals surface area contributed by atoms with E-state index in [0.29, 0.717) is 11.4 Å². The second kappa shape index (κ2) is 6.25. The quantitative estimate of drug-likeness (QED) is 0.768. The highest BCUT2D eigenvalue weighted by Gasteiger charge is 2.13. The summed E-state index contributed by atoms with van der Waals surface area (Å²) in [6.45, 7) is 0. The van der Waals surface area contributed by atoms with Gasteiger partial charge in [0.25, 0.3) is 0 Å². The Morgan fingerprint density at radius 3 is 2.85 bits per heavy atom. The highest BCUT2D eigenvalue weighted by Crippen LogP contribution is 2.23. The lowest BCUT2D eigenvalue weighted by atomic mass is 9.94. The van der Waals surface area contributed by atoms with Crippen LogP contribution in [0.2, 0.25) is 0 Å². The van der Waals surface area contributed by atoms with Crippen molar-refractivity contribution in [3.05, 3.63) is 88.3 Å². The van der Waals surface area contributed by atoms with Gasteiger partial charge in [-0.05, 0) is 63.0 Å². The lowest BCUT2D eigenvalue weighted by molar-refractivity contribution is 0.196. The summed E-state index contributed by atoms with van der Waals surface area (Å²) in [4.78, 5) is 16.1. The molecule has 0 radical (unpaired) electrons. The van der Waals surface area contributed by atoms with E-state index in [1.54, 1.807) is 24.5 Å². The Labute approximate surface area is 155 Å². The minimum absolute atomic E-state index is 0.520.